The van der Waals surface area contributed by atoms with Crippen molar-refractivity contribution < 1.29 is 22.0 Å². The Morgan fingerprint density at radius 3 is 1.51 bits per heavy atom. The van der Waals surface area contributed by atoms with Crippen molar-refractivity contribution in [1.82, 2.24) is 39.9 Å². The maximum absolute atomic E-state index is 13.4. The van der Waals surface area contributed by atoms with Crippen LogP contribution < -0.4 is 0 Å². The van der Waals surface area contributed by atoms with Gasteiger partial charge in [0.15, 0.2) is 23.3 Å². The highest BCUT2D eigenvalue weighted by atomic mass is 19.2. The van der Waals surface area contributed by atoms with Gasteiger partial charge in [0.2, 0.25) is 0 Å². The minimum atomic E-state index is -1.49. The molecular weight excluding hydrogens is 760 g/mol. The number of hydrogen-bond acceptors (Lipinski definition) is 4. The first-order chi connectivity index (χ1) is 27.2. The number of rotatable bonds is 1. The van der Waals surface area contributed by atoms with Gasteiger partial charge in [-0.2, -0.15) is 0 Å². The van der Waals surface area contributed by atoms with Crippen molar-refractivity contribution in [1.29, 1.82) is 0 Å². The number of aromatic nitrogens is 8. The van der Waals surface area contributed by atoms with Gasteiger partial charge in [0.1, 0.15) is 40.1 Å². The normalized spacial score (nSPS) is 12.1. The standard InChI is InChI=1S/C13H18N2.C11H11F3N2.C11H12F2N2.C11H14N2/c1-8-6-9(2)11-10(7-8)14-12(15-11)13(3,4)5;1-11(2,3)10-15-6-4-5(12)7(13)8(14)9(6)16-10;1-11(2,3)10-14-8-5-6(12)4-7(13)9(8)15-10;1-7(2)11-12-9-5-4-8(3)6-10(9)13-11/h6-7H,1-5H3,(H,14,15);4H,1-3H3,(H,15,16);4-5H,1-3H3,(H,14,15);4-7H,1-3H3,(H,12,13). The molecule has 0 aliphatic heterocycles. The SMILES string of the molecule is CC(C)(C)c1nc2c(F)c(F)c(F)cc2[nH]1.CC(C)(C)c1nc2c(F)cc(F)cc2[nH]1.Cc1cc(C)c2nc(C(C)(C)C)[nH]c2c1.Cc1ccc2nc(C(C)C)[nH]c2c1. The van der Waals surface area contributed by atoms with Gasteiger partial charge in [-0.1, -0.05) is 88.3 Å². The average molecular weight is 815 g/mol. The van der Waals surface area contributed by atoms with Gasteiger partial charge >= 0.3 is 0 Å². The highest BCUT2D eigenvalue weighted by Gasteiger charge is 2.23. The van der Waals surface area contributed by atoms with E-state index in [0.29, 0.717) is 23.1 Å². The molecule has 4 aromatic carbocycles. The molecular formula is C46H55F5N8. The highest BCUT2D eigenvalue weighted by molar-refractivity contribution is 5.80. The van der Waals surface area contributed by atoms with Gasteiger partial charge in [-0.3, -0.25) is 0 Å². The lowest BCUT2D eigenvalue weighted by atomic mass is 9.96. The minimum Gasteiger partial charge on any atom is -0.342 e. The van der Waals surface area contributed by atoms with E-state index in [0.717, 1.165) is 45.8 Å². The van der Waals surface area contributed by atoms with Crippen molar-refractivity contribution in [2.24, 2.45) is 0 Å². The zero-order valence-corrected chi connectivity index (χ0v) is 36.4. The predicted molar refractivity (Wildman–Crippen MR) is 229 cm³/mol. The minimum absolute atomic E-state index is 0.0827. The van der Waals surface area contributed by atoms with Crippen molar-refractivity contribution in [2.45, 2.75) is 119 Å². The Balaban J connectivity index is 0.000000150. The van der Waals surface area contributed by atoms with Gasteiger partial charge < -0.3 is 19.9 Å². The van der Waals surface area contributed by atoms with Crippen molar-refractivity contribution in [3.63, 3.8) is 0 Å². The van der Waals surface area contributed by atoms with E-state index in [9.17, 15) is 22.0 Å². The third kappa shape index (κ3) is 10.4. The second-order valence-corrected chi connectivity index (χ2v) is 18.4. The van der Waals surface area contributed by atoms with Crippen LogP contribution in [0.25, 0.3) is 44.1 Å². The lowest BCUT2D eigenvalue weighted by Crippen LogP contribution is -2.13. The van der Waals surface area contributed by atoms with Crippen molar-refractivity contribution >= 4 is 44.1 Å². The maximum Gasteiger partial charge on any atom is 0.196 e. The molecule has 0 amide bonds. The zero-order valence-electron chi connectivity index (χ0n) is 36.4. The van der Waals surface area contributed by atoms with Crippen LogP contribution >= 0.6 is 0 Å². The van der Waals surface area contributed by atoms with Crippen LogP contribution in [0.5, 0.6) is 0 Å². The molecule has 0 fully saturated rings. The molecule has 314 valence electrons. The Morgan fingerprint density at radius 2 is 0.966 bits per heavy atom. The summed E-state index contributed by atoms with van der Waals surface area (Å²) in [5, 5.41) is 0. The zero-order chi connectivity index (χ0) is 43.9. The quantitative estimate of drug-likeness (QED) is 0.0976. The first-order valence-electron chi connectivity index (χ1n) is 19.6. The lowest BCUT2D eigenvalue weighted by Gasteiger charge is -2.13. The first kappa shape index (κ1) is 44.5. The number of H-pyrrole nitrogens is 4. The smallest absolute Gasteiger partial charge is 0.196 e. The number of aryl methyl sites for hydroxylation is 3. The Kier molecular flexibility index (Phi) is 12.5. The molecule has 0 radical (unpaired) electrons. The Labute approximate surface area is 341 Å². The Bertz CT molecular complexity index is 2650. The second kappa shape index (κ2) is 16.6. The molecule has 13 heteroatoms. The molecule has 0 saturated carbocycles. The number of benzene rings is 4. The fourth-order valence-electron chi connectivity index (χ4n) is 6.05. The van der Waals surface area contributed by atoms with E-state index in [1.54, 1.807) is 0 Å². The highest BCUT2D eigenvalue weighted by Crippen LogP contribution is 2.28. The van der Waals surface area contributed by atoms with Crippen LogP contribution in [0.15, 0.2) is 48.5 Å². The van der Waals surface area contributed by atoms with E-state index in [-0.39, 0.29) is 32.8 Å². The van der Waals surface area contributed by atoms with Gasteiger partial charge in [-0.25, -0.2) is 41.9 Å². The molecule has 0 aliphatic carbocycles. The number of imidazole rings is 4. The van der Waals surface area contributed by atoms with Crippen LogP contribution in [0.2, 0.25) is 0 Å². The number of nitrogens with one attached hydrogen (secondary N) is 4. The van der Waals surface area contributed by atoms with E-state index in [2.05, 4.69) is 126 Å². The summed E-state index contributed by atoms with van der Waals surface area (Å²) < 4.78 is 65.5. The van der Waals surface area contributed by atoms with Crippen LogP contribution in [0.1, 0.15) is 122 Å². The maximum atomic E-state index is 13.4. The van der Waals surface area contributed by atoms with Crippen LogP contribution in [-0.2, 0) is 16.2 Å². The van der Waals surface area contributed by atoms with E-state index in [1.807, 2.05) is 41.5 Å². The van der Waals surface area contributed by atoms with E-state index in [4.69, 9.17) is 0 Å². The number of fused-ring (bicyclic) bond motifs is 4. The summed E-state index contributed by atoms with van der Waals surface area (Å²) in [4.78, 5) is 29.7. The van der Waals surface area contributed by atoms with Gasteiger partial charge in [0, 0.05) is 34.3 Å². The number of aromatic amines is 4. The average Bonchev–Trinajstić information content (AvgIpc) is 3.91. The predicted octanol–water partition coefficient (Wildman–Crippen LogP) is 12.9. The van der Waals surface area contributed by atoms with Crippen LogP contribution in [0.4, 0.5) is 22.0 Å². The topological polar surface area (TPSA) is 115 Å². The third-order valence-electron chi connectivity index (χ3n) is 9.37. The molecule has 59 heavy (non-hydrogen) atoms. The fraction of sp³-hybridized carbons (Fsp3) is 0.391. The van der Waals surface area contributed by atoms with Crippen molar-refractivity contribution in [3.05, 3.63) is 118 Å². The molecule has 0 bridgehead atoms. The van der Waals surface area contributed by atoms with Gasteiger partial charge in [-0.05, 0) is 61.7 Å². The van der Waals surface area contributed by atoms with Gasteiger partial charge in [0.05, 0.1) is 33.1 Å². The van der Waals surface area contributed by atoms with Crippen LogP contribution in [0.3, 0.4) is 0 Å². The molecule has 4 N–H and O–H groups in total. The molecule has 0 atom stereocenters. The molecule has 8 rings (SSSR count). The van der Waals surface area contributed by atoms with E-state index in [1.165, 1.54) is 22.8 Å². The monoisotopic (exact) mass is 814 g/mol. The van der Waals surface area contributed by atoms with Crippen LogP contribution in [0, 0.1) is 49.9 Å². The number of halogens is 5. The molecule has 0 unspecified atom stereocenters. The number of nitrogens with zero attached hydrogens (tertiary/aromatic N) is 4. The van der Waals surface area contributed by atoms with Crippen molar-refractivity contribution in [2.75, 3.05) is 0 Å². The Morgan fingerprint density at radius 1 is 0.475 bits per heavy atom. The molecule has 8 nitrogen and oxygen atoms in total. The van der Waals surface area contributed by atoms with Crippen LogP contribution in [-0.4, -0.2) is 39.9 Å². The van der Waals surface area contributed by atoms with E-state index < -0.39 is 29.1 Å². The largest absolute Gasteiger partial charge is 0.342 e. The summed E-state index contributed by atoms with van der Waals surface area (Å²) in [6, 6.07) is 13.6. The first-order valence-corrected chi connectivity index (χ1v) is 19.6. The molecule has 8 aromatic rings. The molecule has 0 saturated heterocycles. The molecule has 4 aromatic heterocycles. The summed E-state index contributed by atoms with van der Waals surface area (Å²) in [6.45, 7) is 28.6. The number of hydrogen-bond donors (Lipinski definition) is 4. The van der Waals surface area contributed by atoms with Gasteiger partial charge in [-0.15, -0.1) is 0 Å². The summed E-state index contributed by atoms with van der Waals surface area (Å²) in [5.41, 5.74) is 8.40. The van der Waals surface area contributed by atoms with Gasteiger partial charge in [0.25, 0.3) is 0 Å². The summed E-state index contributed by atoms with van der Waals surface area (Å²) in [5.74, 6) is -1.43. The lowest BCUT2D eigenvalue weighted by molar-refractivity contribution is 0.452. The molecule has 4 heterocycles. The van der Waals surface area contributed by atoms with E-state index >= 15 is 0 Å². The second-order valence-electron chi connectivity index (χ2n) is 18.4. The molecule has 0 spiro atoms. The summed E-state index contributed by atoms with van der Waals surface area (Å²) in [7, 11) is 0. The summed E-state index contributed by atoms with van der Waals surface area (Å²) >= 11 is 0. The molecule has 0 aliphatic rings. The Hall–Kier alpha value is -5.59. The fourth-order valence-corrected chi connectivity index (χ4v) is 6.05. The van der Waals surface area contributed by atoms with Crippen molar-refractivity contribution in [3.8, 4) is 0 Å². The third-order valence-corrected chi connectivity index (χ3v) is 9.37. The summed E-state index contributed by atoms with van der Waals surface area (Å²) in [6.07, 6.45) is 0.